The third-order valence-corrected chi connectivity index (χ3v) is 4.09. The number of phenolic OH excluding ortho intramolecular Hbond substituents is 1. The molecule has 0 unspecified atom stereocenters. The number of phenols is 1. The summed E-state index contributed by atoms with van der Waals surface area (Å²) in [5.41, 5.74) is 1.76. The van der Waals surface area contributed by atoms with E-state index in [0.29, 0.717) is 16.5 Å². The minimum Gasteiger partial charge on any atom is -0.506 e. The molecule has 3 aromatic rings. The minimum absolute atomic E-state index is 0.0121. The molecule has 0 saturated carbocycles. The smallest absolute Gasteiger partial charge is 0.293 e. The maximum absolute atomic E-state index is 12.1. The van der Waals surface area contributed by atoms with Gasteiger partial charge < -0.3 is 14.8 Å². The Morgan fingerprint density at radius 3 is 2.84 bits per heavy atom. The Morgan fingerprint density at radius 1 is 1.28 bits per heavy atom. The van der Waals surface area contributed by atoms with E-state index in [1.165, 1.54) is 17.6 Å². The molecular formula is C17H15N3O4S. The minimum atomic E-state index is -0.403. The van der Waals surface area contributed by atoms with Crippen LogP contribution in [0, 0.1) is 6.92 Å². The molecule has 0 aliphatic heterocycles. The second-order valence-corrected chi connectivity index (χ2v) is 6.18. The van der Waals surface area contributed by atoms with Gasteiger partial charge in [0, 0.05) is 5.38 Å². The highest BCUT2D eigenvalue weighted by Crippen LogP contribution is 2.24. The fourth-order valence-electron chi connectivity index (χ4n) is 2.12. The van der Waals surface area contributed by atoms with Gasteiger partial charge >= 0.3 is 0 Å². The van der Waals surface area contributed by atoms with Crippen LogP contribution in [-0.2, 0) is 11.2 Å². The van der Waals surface area contributed by atoms with Crippen LogP contribution in [0.4, 0.5) is 10.8 Å². The number of carbonyl (C=O) groups is 2. The SMILES string of the molecule is Cc1ccc(NC(=O)Cc2csc(NC(=O)c3ccco3)n2)c(O)c1. The summed E-state index contributed by atoms with van der Waals surface area (Å²) in [6.45, 7) is 1.85. The molecule has 0 aliphatic rings. The van der Waals surface area contributed by atoms with Gasteiger partial charge in [-0.1, -0.05) is 6.07 Å². The number of anilines is 2. The largest absolute Gasteiger partial charge is 0.506 e. The van der Waals surface area contributed by atoms with Crippen molar-refractivity contribution in [1.82, 2.24) is 4.98 Å². The van der Waals surface area contributed by atoms with E-state index < -0.39 is 5.91 Å². The van der Waals surface area contributed by atoms with Gasteiger partial charge in [0.15, 0.2) is 10.9 Å². The summed E-state index contributed by atoms with van der Waals surface area (Å²) in [7, 11) is 0. The fraction of sp³-hybridized carbons (Fsp3) is 0.118. The second kappa shape index (κ2) is 7.18. The summed E-state index contributed by atoms with van der Waals surface area (Å²) in [5.74, 6) is -0.518. The number of nitrogens with zero attached hydrogens (tertiary/aromatic N) is 1. The van der Waals surface area contributed by atoms with Crippen LogP contribution < -0.4 is 10.6 Å². The van der Waals surface area contributed by atoms with Gasteiger partial charge in [-0.3, -0.25) is 14.9 Å². The summed E-state index contributed by atoms with van der Waals surface area (Å²) in [4.78, 5) is 28.1. The summed E-state index contributed by atoms with van der Waals surface area (Å²) in [6, 6.07) is 8.16. The number of aromatic nitrogens is 1. The predicted molar refractivity (Wildman–Crippen MR) is 94.0 cm³/mol. The van der Waals surface area contributed by atoms with Crippen LogP contribution >= 0.6 is 11.3 Å². The topological polar surface area (TPSA) is 104 Å². The van der Waals surface area contributed by atoms with Crippen molar-refractivity contribution in [2.75, 3.05) is 10.6 Å². The molecule has 2 aromatic heterocycles. The number of nitrogens with one attached hydrogen (secondary N) is 2. The molecule has 0 bridgehead atoms. The maximum atomic E-state index is 12.1. The quantitative estimate of drug-likeness (QED) is 0.608. The first-order valence-electron chi connectivity index (χ1n) is 7.40. The highest BCUT2D eigenvalue weighted by molar-refractivity contribution is 7.14. The lowest BCUT2D eigenvalue weighted by atomic mass is 10.2. The van der Waals surface area contributed by atoms with E-state index in [9.17, 15) is 14.7 Å². The number of benzene rings is 1. The molecule has 0 saturated heterocycles. The maximum Gasteiger partial charge on any atom is 0.293 e. The number of carbonyl (C=O) groups excluding carboxylic acids is 2. The van der Waals surface area contributed by atoms with Crippen LogP contribution in [0.1, 0.15) is 21.8 Å². The summed E-state index contributed by atoms with van der Waals surface area (Å²) < 4.78 is 5.00. The molecule has 25 heavy (non-hydrogen) atoms. The predicted octanol–water partition coefficient (Wildman–Crippen LogP) is 3.18. The molecule has 1 aromatic carbocycles. The van der Waals surface area contributed by atoms with Gasteiger partial charge in [-0.05, 0) is 36.8 Å². The van der Waals surface area contributed by atoms with Crippen molar-refractivity contribution in [3.63, 3.8) is 0 Å². The van der Waals surface area contributed by atoms with Crippen LogP contribution in [0.25, 0.3) is 0 Å². The summed E-state index contributed by atoms with van der Waals surface area (Å²) in [6.07, 6.45) is 1.44. The van der Waals surface area contributed by atoms with Gasteiger partial charge in [-0.2, -0.15) is 0 Å². The molecule has 2 amide bonds. The molecule has 3 N–H and O–H groups in total. The first-order chi connectivity index (χ1) is 12.0. The van der Waals surface area contributed by atoms with Crippen molar-refractivity contribution < 1.29 is 19.1 Å². The van der Waals surface area contributed by atoms with Gasteiger partial charge in [0.1, 0.15) is 5.75 Å². The number of rotatable bonds is 5. The van der Waals surface area contributed by atoms with Crippen LogP contribution in [0.2, 0.25) is 0 Å². The Labute approximate surface area is 147 Å². The molecule has 8 heteroatoms. The average molecular weight is 357 g/mol. The molecular weight excluding hydrogens is 342 g/mol. The Hall–Kier alpha value is -3.13. The third-order valence-electron chi connectivity index (χ3n) is 3.29. The molecule has 128 valence electrons. The third kappa shape index (κ3) is 4.24. The van der Waals surface area contributed by atoms with Gasteiger partial charge in [0.05, 0.1) is 24.1 Å². The van der Waals surface area contributed by atoms with E-state index in [-0.39, 0.29) is 23.8 Å². The van der Waals surface area contributed by atoms with E-state index >= 15 is 0 Å². The van der Waals surface area contributed by atoms with Crippen LogP contribution in [0.15, 0.2) is 46.4 Å². The zero-order valence-electron chi connectivity index (χ0n) is 13.3. The number of aromatic hydroxyl groups is 1. The van der Waals surface area contributed by atoms with Crippen molar-refractivity contribution in [3.8, 4) is 5.75 Å². The Kier molecular flexibility index (Phi) is 4.80. The first-order valence-corrected chi connectivity index (χ1v) is 8.28. The zero-order valence-corrected chi connectivity index (χ0v) is 14.1. The molecule has 7 nitrogen and oxygen atoms in total. The van der Waals surface area contributed by atoms with Crippen molar-refractivity contribution in [2.45, 2.75) is 13.3 Å². The molecule has 2 heterocycles. The van der Waals surface area contributed by atoms with E-state index in [1.807, 2.05) is 6.92 Å². The van der Waals surface area contributed by atoms with Gasteiger partial charge in [0.25, 0.3) is 5.91 Å². The van der Waals surface area contributed by atoms with E-state index in [4.69, 9.17) is 4.42 Å². The fourth-order valence-corrected chi connectivity index (χ4v) is 2.82. The van der Waals surface area contributed by atoms with Crippen LogP contribution in [-0.4, -0.2) is 21.9 Å². The van der Waals surface area contributed by atoms with E-state index in [1.54, 1.807) is 35.7 Å². The van der Waals surface area contributed by atoms with Crippen molar-refractivity contribution in [1.29, 1.82) is 0 Å². The van der Waals surface area contributed by atoms with Crippen molar-refractivity contribution in [2.24, 2.45) is 0 Å². The molecule has 0 fully saturated rings. The number of aryl methyl sites for hydroxylation is 1. The number of thiazole rings is 1. The second-order valence-electron chi connectivity index (χ2n) is 5.32. The highest BCUT2D eigenvalue weighted by Gasteiger charge is 2.13. The average Bonchev–Trinajstić information content (AvgIpc) is 3.22. The molecule has 3 rings (SSSR count). The highest BCUT2D eigenvalue weighted by atomic mass is 32.1. The number of hydrogen-bond acceptors (Lipinski definition) is 6. The number of hydrogen-bond donors (Lipinski definition) is 3. The van der Waals surface area contributed by atoms with Crippen LogP contribution in [0.5, 0.6) is 5.75 Å². The van der Waals surface area contributed by atoms with Gasteiger partial charge in [-0.25, -0.2) is 4.98 Å². The lowest BCUT2D eigenvalue weighted by molar-refractivity contribution is -0.115. The van der Waals surface area contributed by atoms with Crippen molar-refractivity contribution >= 4 is 34.0 Å². The zero-order chi connectivity index (χ0) is 17.8. The van der Waals surface area contributed by atoms with Gasteiger partial charge in [-0.15, -0.1) is 11.3 Å². The van der Waals surface area contributed by atoms with Crippen LogP contribution in [0.3, 0.4) is 0 Å². The summed E-state index contributed by atoms with van der Waals surface area (Å²) >= 11 is 1.21. The lowest BCUT2D eigenvalue weighted by Crippen LogP contribution is -2.15. The lowest BCUT2D eigenvalue weighted by Gasteiger charge is -2.07. The molecule has 0 atom stereocenters. The number of furan rings is 1. The molecule has 0 aliphatic carbocycles. The van der Waals surface area contributed by atoms with Crippen molar-refractivity contribution in [3.05, 3.63) is 59.0 Å². The Morgan fingerprint density at radius 2 is 2.12 bits per heavy atom. The molecule has 0 spiro atoms. The van der Waals surface area contributed by atoms with E-state index in [2.05, 4.69) is 15.6 Å². The first kappa shape index (κ1) is 16.7. The Balaban J connectivity index is 1.59. The standard InChI is InChI=1S/C17H15N3O4S/c1-10-4-5-12(13(21)7-10)19-15(22)8-11-9-25-17(18-11)20-16(23)14-3-2-6-24-14/h2-7,9,21H,8H2,1H3,(H,19,22)(H,18,20,23). The normalized spacial score (nSPS) is 10.4. The van der Waals surface area contributed by atoms with E-state index in [0.717, 1.165) is 5.56 Å². The monoisotopic (exact) mass is 357 g/mol. The molecule has 0 radical (unpaired) electrons. The Bertz CT molecular complexity index is 903. The summed E-state index contributed by atoms with van der Waals surface area (Å²) in [5, 5.41) is 17.1. The number of amides is 2. The van der Waals surface area contributed by atoms with Gasteiger partial charge in [0.2, 0.25) is 5.91 Å².